The summed E-state index contributed by atoms with van der Waals surface area (Å²) in [4.78, 5) is 10.6. The van der Waals surface area contributed by atoms with Crippen LogP contribution >= 0.6 is 0 Å². The molecule has 0 bridgehead atoms. The Labute approximate surface area is 76.5 Å². The fourth-order valence-electron chi connectivity index (χ4n) is 0.924. The molecule has 1 atom stereocenters. The summed E-state index contributed by atoms with van der Waals surface area (Å²) in [5, 5.41) is 12.3. The van der Waals surface area contributed by atoms with Gasteiger partial charge in [-0.1, -0.05) is 0 Å². The van der Waals surface area contributed by atoms with Crippen LogP contribution in [0.1, 0.15) is 16.1 Å². The minimum atomic E-state index is -2.31. The maximum atomic E-state index is 10.6. The lowest BCUT2D eigenvalue weighted by atomic mass is 10.3. The molecule has 1 N–H and O–H groups in total. The highest BCUT2D eigenvalue weighted by Gasteiger charge is 2.14. The number of aromatic carboxylic acids is 1. The molecule has 1 aromatic heterocycles. The van der Waals surface area contributed by atoms with E-state index < -0.39 is 17.0 Å². The first-order valence-corrected chi connectivity index (χ1v) is 4.57. The second-order valence-electron chi connectivity index (χ2n) is 2.38. The minimum absolute atomic E-state index is 0.0771. The zero-order valence-corrected chi connectivity index (χ0v) is 7.58. The van der Waals surface area contributed by atoms with Crippen LogP contribution < -0.4 is 0 Å². The van der Waals surface area contributed by atoms with Crippen molar-refractivity contribution in [3.63, 3.8) is 0 Å². The fraction of sp³-hybridized carbons (Fsp3) is 0.333. The van der Waals surface area contributed by atoms with Crippen molar-refractivity contribution in [3.8, 4) is 0 Å². The number of carbonyl (C=O) groups is 1. The quantitative estimate of drug-likeness (QED) is 0.668. The molecule has 13 heavy (non-hydrogen) atoms. The van der Waals surface area contributed by atoms with Gasteiger partial charge in [-0.3, -0.25) is 8.89 Å². The number of hydrogen-bond acceptors (Lipinski definition) is 4. The Balaban J connectivity index is 3.08. The Morgan fingerprint density at radius 2 is 2.46 bits per heavy atom. The van der Waals surface area contributed by atoms with Crippen molar-refractivity contribution in [2.24, 2.45) is 7.05 Å². The molecule has 6 nitrogen and oxygen atoms in total. The first kappa shape index (κ1) is 9.87. The Kier molecular flexibility index (Phi) is 2.79. The van der Waals surface area contributed by atoms with Crippen LogP contribution in [0.4, 0.5) is 0 Å². The van der Waals surface area contributed by atoms with E-state index in [4.69, 9.17) is 5.11 Å². The highest BCUT2D eigenvalue weighted by atomic mass is 32.2. The van der Waals surface area contributed by atoms with Crippen LogP contribution in [0.2, 0.25) is 0 Å². The average molecular weight is 203 g/mol. The molecule has 0 fully saturated rings. The number of rotatable bonds is 3. The molecular formula is C6H7N2O4S-. The van der Waals surface area contributed by atoms with Gasteiger partial charge in [0.05, 0.1) is 17.6 Å². The number of hydrogen-bond donors (Lipinski definition) is 1. The van der Waals surface area contributed by atoms with Crippen molar-refractivity contribution >= 4 is 17.0 Å². The van der Waals surface area contributed by atoms with Gasteiger partial charge in [-0.15, -0.1) is 0 Å². The van der Waals surface area contributed by atoms with Gasteiger partial charge in [0.1, 0.15) is 5.56 Å². The van der Waals surface area contributed by atoms with Crippen molar-refractivity contribution in [2.45, 2.75) is 5.75 Å². The standard InChI is InChI=1S/C6H8N2O4S/c1-8-5(3-13(11)12)4(2-7-8)6(9)10/h2H,3H2,1H3,(H,9,10)(H,11,12)/p-1. The van der Waals surface area contributed by atoms with Crippen molar-refractivity contribution in [2.75, 3.05) is 0 Å². The topological polar surface area (TPSA) is 95.2 Å². The zero-order valence-electron chi connectivity index (χ0n) is 6.76. The maximum Gasteiger partial charge on any atom is 0.339 e. The van der Waals surface area contributed by atoms with Crippen LogP contribution in [0.5, 0.6) is 0 Å². The fourth-order valence-corrected chi connectivity index (χ4v) is 1.49. The van der Waals surface area contributed by atoms with E-state index in [0.29, 0.717) is 0 Å². The van der Waals surface area contributed by atoms with Crippen molar-refractivity contribution in [1.29, 1.82) is 0 Å². The molecule has 0 aromatic carbocycles. The van der Waals surface area contributed by atoms with E-state index in [2.05, 4.69) is 5.10 Å². The van der Waals surface area contributed by atoms with Crippen molar-refractivity contribution in [3.05, 3.63) is 17.5 Å². The van der Waals surface area contributed by atoms with Crippen LogP contribution in [0.15, 0.2) is 6.20 Å². The van der Waals surface area contributed by atoms with Crippen LogP contribution in [0, 0.1) is 0 Å². The number of nitrogens with zero attached hydrogens (tertiary/aromatic N) is 2. The van der Waals surface area contributed by atoms with E-state index in [1.165, 1.54) is 11.7 Å². The van der Waals surface area contributed by atoms with Gasteiger partial charge in [0.25, 0.3) is 0 Å². The van der Waals surface area contributed by atoms with Gasteiger partial charge in [-0.25, -0.2) is 4.79 Å². The highest BCUT2D eigenvalue weighted by molar-refractivity contribution is 7.78. The molecule has 1 rings (SSSR count). The normalized spacial score (nSPS) is 12.8. The molecule has 0 spiro atoms. The number of carboxylic acid groups (broad SMARTS) is 1. The third kappa shape index (κ3) is 2.13. The third-order valence-corrected chi connectivity index (χ3v) is 2.06. The monoisotopic (exact) mass is 203 g/mol. The molecule has 0 radical (unpaired) electrons. The number of carboxylic acids is 1. The van der Waals surface area contributed by atoms with Crippen LogP contribution in [-0.2, 0) is 23.9 Å². The summed E-state index contributed by atoms with van der Waals surface area (Å²) in [6.45, 7) is 0. The molecule has 0 aliphatic carbocycles. The SMILES string of the molecule is Cn1ncc(C(=O)O)c1CS(=O)[O-]. The van der Waals surface area contributed by atoms with E-state index in [0.717, 1.165) is 6.20 Å². The average Bonchev–Trinajstić information content (AvgIpc) is 2.32. The van der Waals surface area contributed by atoms with Crippen LogP contribution in [-0.4, -0.2) is 29.6 Å². The van der Waals surface area contributed by atoms with Gasteiger partial charge in [-0.2, -0.15) is 5.10 Å². The van der Waals surface area contributed by atoms with Gasteiger partial charge in [0, 0.05) is 7.05 Å². The Morgan fingerprint density at radius 3 is 2.92 bits per heavy atom. The summed E-state index contributed by atoms with van der Waals surface area (Å²) < 4.78 is 22.0. The van der Waals surface area contributed by atoms with E-state index in [1.807, 2.05) is 0 Å². The van der Waals surface area contributed by atoms with E-state index in [1.54, 1.807) is 0 Å². The van der Waals surface area contributed by atoms with Gasteiger partial charge in [-0.05, 0) is 11.1 Å². The molecule has 1 heterocycles. The number of aromatic nitrogens is 2. The minimum Gasteiger partial charge on any atom is -0.772 e. The highest BCUT2D eigenvalue weighted by Crippen LogP contribution is 2.09. The Bertz CT molecular complexity index is 360. The van der Waals surface area contributed by atoms with E-state index in [9.17, 15) is 13.6 Å². The summed E-state index contributed by atoms with van der Waals surface area (Å²) >= 11 is -2.31. The molecular weight excluding hydrogens is 196 g/mol. The second-order valence-corrected chi connectivity index (χ2v) is 3.28. The lowest BCUT2D eigenvalue weighted by Gasteiger charge is -2.05. The molecule has 72 valence electrons. The summed E-state index contributed by atoms with van der Waals surface area (Å²) in [6, 6.07) is 0. The van der Waals surface area contributed by atoms with Crippen molar-refractivity contribution < 1.29 is 18.7 Å². The second kappa shape index (κ2) is 3.67. The molecule has 0 amide bonds. The summed E-state index contributed by atoms with van der Waals surface area (Å²) in [5.41, 5.74) is 0.104. The molecule has 7 heteroatoms. The maximum absolute atomic E-state index is 10.6. The van der Waals surface area contributed by atoms with Gasteiger partial charge in [0.2, 0.25) is 0 Å². The molecule has 0 aliphatic rings. The predicted molar refractivity (Wildman–Crippen MR) is 42.8 cm³/mol. The molecule has 0 saturated heterocycles. The van der Waals surface area contributed by atoms with Gasteiger partial charge in [0.15, 0.2) is 0 Å². The lowest BCUT2D eigenvalue weighted by Crippen LogP contribution is -2.07. The zero-order chi connectivity index (χ0) is 10.0. The van der Waals surface area contributed by atoms with Gasteiger partial charge >= 0.3 is 5.97 Å². The van der Waals surface area contributed by atoms with Crippen LogP contribution in [0.3, 0.4) is 0 Å². The summed E-state index contributed by atoms with van der Waals surface area (Å²) in [6.07, 6.45) is 1.13. The molecule has 1 unspecified atom stereocenters. The molecule has 1 aromatic rings. The third-order valence-electron chi connectivity index (χ3n) is 1.55. The summed E-state index contributed by atoms with van der Waals surface area (Å²) in [7, 11) is 1.49. The predicted octanol–water partition coefficient (Wildman–Crippen LogP) is -0.503. The number of aryl methyl sites for hydroxylation is 1. The first-order chi connectivity index (χ1) is 6.02. The smallest absolute Gasteiger partial charge is 0.339 e. The van der Waals surface area contributed by atoms with E-state index >= 15 is 0 Å². The van der Waals surface area contributed by atoms with E-state index in [-0.39, 0.29) is 17.0 Å². The molecule has 0 saturated carbocycles. The lowest BCUT2D eigenvalue weighted by molar-refractivity contribution is 0.0696. The van der Waals surface area contributed by atoms with Crippen LogP contribution in [0.25, 0.3) is 0 Å². The summed E-state index contributed by atoms with van der Waals surface area (Å²) in [5.74, 6) is -1.51. The Hall–Kier alpha value is -1.21. The molecule has 0 aliphatic heterocycles. The first-order valence-electron chi connectivity index (χ1n) is 3.32. The van der Waals surface area contributed by atoms with Gasteiger partial charge < -0.3 is 9.66 Å². The Morgan fingerprint density at radius 1 is 1.85 bits per heavy atom. The van der Waals surface area contributed by atoms with Crippen molar-refractivity contribution in [1.82, 2.24) is 9.78 Å². The largest absolute Gasteiger partial charge is 0.772 e.